The molecule has 1 aliphatic carbocycles. The Kier molecular flexibility index (Phi) is 5.86. The number of benzene rings is 1. The van der Waals surface area contributed by atoms with Crippen LogP contribution >= 0.6 is 15.9 Å². The topological polar surface area (TPSA) is 21.3 Å². The van der Waals surface area contributed by atoms with E-state index < -0.39 is 0 Å². The second-order valence-electron chi connectivity index (χ2n) is 5.76. The average molecular weight is 326 g/mol. The summed E-state index contributed by atoms with van der Waals surface area (Å²) in [5.74, 6) is 1.25. The molecule has 0 amide bonds. The Morgan fingerprint density at radius 2 is 2.05 bits per heavy atom. The molecule has 1 atom stereocenters. The summed E-state index contributed by atoms with van der Waals surface area (Å²) in [6, 6.07) is 8.97. The molecule has 3 heteroatoms. The van der Waals surface area contributed by atoms with Crippen LogP contribution in [0.25, 0.3) is 0 Å². The van der Waals surface area contributed by atoms with Gasteiger partial charge in [-0.1, -0.05) is 48.0 Å². The predicted molar refractivity (Wildman–Crippen MR) is 83.6 cm³/mol. The van der Waals surface area contributed by atoms with E-state index in [-0.39, 0.29) is 0 Å². The summed E-state index contributed by atoms with van der Waals surface area (Å²) in [5, 5.41) is 3.52. The molecule has 1 fully saturated rings. The quantitative estimate of drug-likeness (QED) is 0.781. The highest BCUT2D eigenvalue weighted by Crippen LogP contribution is 2.30. The minimum absolute atomic E-state index is 0.414. The van der Waals surface area contributed by atoms with E-state index in [0.717, 1.165) is 25.7 Å². The van der Waals surface area contributed by atoms with Gasteiger partial charge in [-0.05, 0) is 30.4 Å². The molecule has 19 heavy (non-hydrogen) atoms. The van der Waals surface area contributed by atoms with Crippen molar-refractivity contribution in [2.75, 3.05) is 19.8 Å². The van der Waals surface area contributed by atoms with Crippen molar-refractivity contribution >= 4 is 15.9 Å². The Hall–Kier alpha value is -0.380. The third kappa shape index (κ3) is 5.25. The zero-order valence-corrected chi connectivity index (χ0v) is 13.4. The molecule has 0 saturated heterocycles. The van der Waals surface area contributed by atoms with E-state index >= 15 is 0 Å². The standard InChI is InChI=1S/C16H24BrNO/c1-12(2)18-9-14(11-19-10-13-7-8-13)15-5-3-4-6-16(15)17/h3-6,12-14,18H,7-11H2,1-2H3. The summed E-state index contributed by atoms with van der Waals surface area (Å²) >= 11 is 3.65. The monoisotopic (exact) mass is 325 g/mol. The van der Waals surface area contributed by atoms with Crippen LogP contribution in [0, 0.1) is 5.92 Å². The van der Waals surface area contributed by atoms with Gasteiger partial charge in [0, 0.05) is 29.6 Å². The lowest BCUT2D eigenvalue weighted by Crippen LogP contribution is -2.30. The molecule has 2 nitrogen and oxygen atoms in total. The highest BCUT2D eigenvalue weighted by Gasteiger charge is 2.22. The smallest absolute Gasteiger partial charge is 0.0547 e. The summed E-state index contributed by atoms with van der Waals surface area (Å²) in [6.45, 7) is 7.07. The van der Waals surface area contributed by atoms with Crippen LogP contribution < -0.4 is 5.32 Å². The van der Waals surface area contributed by atoms with Gasteiger partial charge in [0.05, 0.1) is 6.61 Å². The van der Waals surface area contributed by atoms with E-state index in [0.29, 0.717) is 12.0 Å². The second kappa shape index (κ2) is 7.41. The number of nitrogens with one attached hydrogen (secondary N) is 1. The van der Waals surface area contributed by atoms with Gasteiger partial charge in [0.1, 0.15) is 0 Å². The Morgan fingerprint density at radius 1 is 1.32 bits per heavy atom. The molecular weight excluding hydrogens is 302 g/mol. The molecule has 0 bridgehead atoms. The van der Waals surface area contributed by atoms with Gasteiger partial charge in [-0.3, -0.25) is 0 Å². The van der Waals surface area contributed by atoms with Gasteiger partial charge < -0.3 is 10.1 Å². The number of hydrogen-bond acceptors (Lipinski definition) is 2. The maximum absolute atomic E-state index is 5.90. The molecule has 1 aromatic rings. The maximum atomic E-state index is 5.90. The first-order valence-corrected chi connectivity index (χ1v) is 8.01. The van der Waals surface area contributed by atoms with Crippen molar-refractivity contribution in [2.24, 2.45) is 5.92 Å². The Bertz CT molecular complexity index is 390. The van der Waals surface area contributed by atoms with Crippen LogP contribution in [-0.4, -0.2) is 25.8 Å². The van der Waals surface area contributed by atoms with Gasteiger partial charge in [-0.15, -0.1) is 0 Å². The summed E-state index contributed by atoms with van der Waals surface area (Å²) in [6.07, 6.45) is 2.70. The maximum Gasteiger partial charge on any atom is 0.0547 e. The molecule has 0 aromatic heterocycles. The number of rotatable bonds is 8. The van der Waals surface area contributed by atoms with Crippen LogP contribution in [0.2, 0.25) is 0 Å². The highest BCUT2D eigenvalue weighted by atomic mass is 79.9. The molecule has 1 aromatic carbocycles. The van der Waals surface area contributed by atoms with E-state index in [2.05, 4.69) is 59.4 Å². The molecular formula is C16H24BrNO. The fraction of sp³-hybridized carbons (Fsp3) is 0.625. The first-order valence-electron chi connectivity index (χ1n) is 7.22. The molecule has 2 rings (SSSR count). The van der Waals surface area contributed by atoms with Crippen LogP contribution in [0.3, 0.4) is 0 Å². The average Bonchev–Trinajstić information content (AvgIpc) is 3.18. The van der Waals surface area contributed by atoms with Crippen molar-refractivity contribution < 1.29 is 4.74 Å². The van der Waals surface area contributed by atoms with Gasteiger partial charge >= 0.3 is 0 Å². The molecule has 0 heterocycles. The van der Waals surface area contributed by atoms with Crippen molar-refractivity contribution in [2.45, 2.75) is 38.6 Å². The van der Waals surface area contributed by atoms with Crippen molar-refractivity contribution in [3.63, 3.8) is 0 Å². The van der Waals surface area contributed by atoms with Crippen LogP contribution in [0.15, 0.2) is 28.7 Å². The summed E-state index contributed by atoms with van der Waals surface area (Å²) < 4.78 is 7.08. The summed E-state index contributed by atoms with van der Waals surface area (Å²) in [5.41, 5.74) is 1.34. The Morgan fingerprint density at radius 3 is 2.68 bits per heavy atom. The van der Waals surface area contributed by atoms with E-state index in [1.807, 2.05) is 0 Å². The predicted octanol–water partition coefficient (Wildman–Crippen LogP) is 3.96. The largest absolute Gasteiger partial charge is 0.380 e. The normalized spacial score (nSPS) is 16.8. The third-order valence-electron chi connectivity index (χ3n) is 3.49. The Labute approximate surface area is 125 Å². The third-order valence-corrected chi connectivity index (χ3v) is 4.21. The molecule has 1 aliphatic rings. The molecule has 1 saturated carbocycles. The minimum atomic E-state index is 0.414. The zero-order valence-electron chi connectivity index (χ0n) is 11.9. The zero-order chi connectivity index (χ0) is 13.7. The molecule has 106 valence electrons. The second-order valence-corrected chi connectivity index (χ2v) is 6.62. The van der Waals surface area contributed by atoms with Gasteiger partial charge in [0.15, 0.2) is 0 Å². The van der Waals surface area contributed by atoms with E-state index in [1.165, 1.54) is 22.9 Å². The van der Waals surface area contributed by atoms with E-state index in [4.69, 9.17) is 4.74 Å². The summed E-state index contributed by atoms with van der Waals surface area (Å²) in [7, 11) is 0. The lowest BCUT2D eigenvalue weighted by atomic mass is 9.99. The van der Waals surface area contributed by atoms with E-state index in [1.54, 1.807) is 0 Å². The number of hydrogen-bond donors (Lipinski definition) is 1. The lowest BCUT2D eigenvalue weighted by molar-refractivity contribution is 0.109. The minimum Gasteiger partial charge on any atom is -0.380 e. The Balaban J connectivity index is 1.93. The summed E-state index contributed by atoms with van der Waals surface area (Å²) in [4.78, 5) is 0. The number of ether oxygens (including phenoxy) is 1. The van der Waals surface area contributed by atoms with Gasteiger partial charge in [0.2, 0.25) is 0 Å². The molecule has 0 aliphatic heterocycles. The van der Waals surface area contributed by atoms with Crippen molar-refractivity contribution in [3.8, 4) is 0 Å². The van der Waals surface area contributed by atoms with Gasteiger partial charge in [0.25, 0.3) is 0 Å². The van der Waals surface area contributed by atoms with Gasteiger partial charge in [-0.2, -0.15) is 0 Å². The fourth-order valence-corrected chi connectivity index (χ4v) is 2.71. The van der Waals surface area contributed by atoms with Crippen LogP contribution in [0.1, 0.15) is 38.2 Å². The first-order chi connectivity index (χ1) is 9.16. The van der Waals surface area contributed by atoms with Gasteiger partial charge in [-0.25, -0.2) is 0 Å². The lowest BCUT2D eigenvalue weighted by Gasteiger charge is -2.21. The van der Waals surface area contributed by atoms with Crippen LogP contribution in [-0.2, 0) is 4.74 Å². The SMILES string of the molecule is CC(C)NCC(COCC1CC1)c1ccccc1Br. The molecule has 0 radical (unpaired) electrons. The highest BCUT2D eigenvalue weighted by molar-refractivity contribution is 9.10. The van der Waals surface area contributed by atoms with Crippen molar-refractivity contribution in [1.29, 1.82) is 0 Å². The molecule has 1 unspecified atom stereocenters. The van der Waals surface area contributed by atoms with Crippen molar-refractivity contribution in [3.05, 3.63) is 34.3 Å². The number of halogens is 1. The fourth-order valence-electron chi connectivity index (χ4n) is 2.10. The van der Waals surface area contributed by atoms with Crippen LogP contribution in [0.4, 0.5) is 0 Å². The van der Waals surface area contributed by atoms with Crippen molar-refractivity contribution in [1.82, 2.24) is 5.32 Å². The molecule has 1 N–H and O–H groups in total. The van der Waals surface area contributed by atoms with E-state index in [9.17, 15) is 0 Å². The molecule has 0 spiro atoms. The first kappa shape index (κ1) is 15.0. The van der Waals surface area contributed by atoms with Crippen LogP contribution in [0.5, 0.6) is 0 Å².